The van der Waals surface area contributed by atoms with E-state index in [0.29, 0.717) is 5.69 Å². The van der Waals surface area contributed by atoms with E-state index in [4.69, 9.17) is 0 Å². The zero-order valence-corrected chi connectivity index (χ0v) is 11.3. The molecule has 1 aliphatic rings. The molecule has 0 aromatic heterocycles. The summed E-state index contributed by atoms with van der Waals surface area (Å²) in [5.41, 5.74) is 0.584. The summed E-state index contributed by atoms with van der Waals surface area (Å²) in [5.74, 6) is 0. The fourth-order valence-electron chi connectivity index (χ4n) is 2.39. The van der Waals surface area contributed by atoms with Crippen LogP contribution in [0.2, 0.25) is 0 Å². The van der Waals surface area contributed by atoms with Gasteiger partial charge in [0.05, 0.1) is 12.1 Å². The molecule has 0 fully saturated rings. The maximum atomic E-state index is 12.6. The molecule has 0 bridgehead atoms. The van der Waals surface area contributed by atoms with Gasteiger partial charge in [-0.1, -0.05) is 18.2 Å². The van der Waals surface area contributed by atoms with Crippen LogP contribution in [0.5, 0.6) is 0 Å². The first-order valence-electron chi connectivity index (χ1n) is 5.83. The number of sulfonamides is 1. The Kier molecular flexibility index (Phi) is 3.28. The lowest BCUT2D eigenvalue weighted by Gasteiger charge is -2.24. The quantitative estimate of drug-likeness (QED) is 0.839. The van der Waals surface area contributed by atoms with Gasteiger partial charge < -0.3 is 0 Å². The molecule has 106 valence electrons. The van der Waals surface area contributed by atoms with Crippen molar-refractivity contribution >= 4 is 15.7 Å². The number of halogens is 3. The van der Waals surface area contributed by atoms with Crippen LogP contribution in [0, 0.1) is 0 Å². The lowest BCUT2D eigenvalue weighted by molar-refractivity contribution is -0.134. The molecule has 0 aliphatic carbocycles. The van der Waals surface area contributed by atoms with Gasteiger partial charge in [-0.3, -0.25) is 4.31 Å². The van der Waals surface area contributed by atoms with Crippen molar-refractivity contribution in [2.45, 2.75) is 37.7 Å². The molecule has 0 spiro atoms. The van der Waals surface area contributed by atoms with Crippen molar-refractivity contribution in [2.24, 2.45) is 0 Å². The molecule has 0 N–H and O–H groups in total. The largest absolute Gasteiger partial charge is 0.390 e. The Hall–Kier alpha value is -1.24. The monoisotopic (exact) mass is 293 g/mol. The highest BCUT2D eigenvalue weighted by atomic mass is 32.2. The average Bonchev–Trinajstić information content (AvgIpc) is 2.45. The standard InChI is InChI=1S/C12H14F3NO2S/c1-8(2)16-10-6-4-3-5-9(10)11(19(16,17)18)7-12(13,14)15/h3-6,8,11H,7H2,1-2H3. The summed E-state index contributed by atoms with van der Waals surface area (Å²) in [6, 6.07) is 5.76. The van der Waals surface area contributed by atoms with Crippen LogP contribution in [0.15, 0.2) is 24.3 Å². The minimum Gasteiger partial charge on any atom is -0.267 e. The Balaban J connectivity index is 2.57. The molecule has 3 nitrogen and oxygen atoms in total. The van der Waals surface area contributed by atoms with Crippen LogP contribution in [-0.2, 0) is 10.0 Å². The van der Waals surface area contributed by atoms with Crippen LogP contribution >= 0.6 is 0 Å². The van der Waals surface area contributed by atoms with Crippen molar-refractivity contribution < 1.29 is 21.6 Å². The van der Waals surface area contributed by atoms with Gasteiger partial charge in [0.1, 0.15) is 5.25 Å². The van der Waals surface area contributed by atoms with E-state index < -0.39 is 33.9 Å². The Morgan fingerprint density at radius 1 is 1.26 bits per heavy atom. The molecule has 0 radical (unpaired) electrons. The van der Waals surface area contributed by atoms with Crippen LogP contribution in [0.3, 0.4) is 0 Å². The molecule has 1 aromatic carbocycles. The van der Waals surface area contributed by atoms with Gasteiger partial charge in [0.15, 0.2) is 0 Å². The fourth-order valence-corrected chi connectivity index (χ4v) is 4.61. The third-order valence-electron chi connectivity index (χ3n) is 3.04. The number of anilines is 1. The highest BCUT2D eigenvalue weighted by Crippen LogP contribution is 2.48. The van der Waals surface area contributed by atoms with E-state index in [-0.39, 0.29) is 5.56 Å². The van der Waals surface area contributed by atoms with Gasteiger partial charge in [-0.25, -0.2) is 8.42 Å². The van der Waals surface area contributed by atoms with Crippen molar-refractivity contribution in [1.29, 1.82) is 0 Å². The molecule has 0 saturated carbocycles. The van der Waals surface area contributed by atoms with Crippen molar-refractivity contribution in [1.82, 2.24) is 0 Å². The highest BCUT2D eigenvalue weighted by Gasteiger charge is 2.48. The lowest BCUT2D eigenvalue weighted by Crippen LogP contribution is -2.35. The number of fused-ring (bicyclic) bond motifs is 1. The molecule has 1 heterocycles. The maximum absolute atomic E-state index is 12.6. The van der Waals surface area contributed by atoms with E-state index in [1.165, 1.54) is 6.07 Å². The first kappa shape index (κ1) is 14.2. The summed E-state index contributed by atoms with van der Waals surface area (Å²) in [5, 5.41) is -1.54. The number of para-hydroxylation sites is 1. The van der Waals surface area contributed by atoms with E-state index >= 15 is 0 Å². The number of alkyl halides is 3. The van der Waals surface area contributed by atoms with Crippen molar-refractivity contribution in [3.8, 4) is 0 Å². The molecule has 1 unspecified atom stereocenters. The Morgan fingerprint density at radius 3 is 2.37 bits per heavy atom. The molecular weight excluding hydrogens is 279 g/mol. The number of hydrogen-bond donors (Lipinski definition) is 0. The summed E-state index contributed by atoms with van der Waals surface area (Å²) in [6.45, 7) is 3.29. The van der Waals surface area contributed by atoms with Gasteiger partial charge in [0.2, 0.25) is 10.0 Å². The second-order valence-electron chi connectivity index (χ2n) is 4.80. The summed E-state index contributed by atoms with van der Waals surface area (Å²) in [6.07, 6.45) is -5.87. The van der Waals surface area contributed by atoms with Gasteiger partial charge in [-0.05, 0) is 25.5 Å². The van der Waals surface area contributed by atoms with Gasteiger partial charge >= 0.3 is 6.18 Å². The Bertz CT molecular complexity index is 581. The fraction of sp³-hybridized carbons (Fsp3) is 0.500. The third kappa shape index (κ3) is 2.43. The predicted molar refractivity (Wildman–Crippen MR) is 66.4 cm³/mol. The number of nitrogens with zero attached hydrogens (tertiary/aromatic N) is 1. The number of benzene rings is 1. The molecule has 7 heteroatoms. The Labute approximate surface area is 110 Å². The second kappa shape index (κ2) is 4.40. The van der Waals surface area contributed by atoms with Crippen molar-refractivity contribution in [3.63, 3.8) is 0 Å². The normalized spacial score (nSPS) is 21.8. The molecule has 1 aromatic rings. The summed E-state index contributed by atoms with van der Waals surface area (Å²) < 4.78 is 63.4. The molecule has 2 rings (SSSR count). The maximum Gasteiger partial charge on any atom is 0.390 e. The SMILES string of the molecule is CC(C)N1c2ccccc2C(CC(F)(F)F)S1(=O)=O. The second-order valence-corrected chi connectivity index (χ2v) is 6.79. The van der Waals surface area contributed by atoms with Crippen molar-refractivity contribution in [3.05, 3.63) is 29.8 Å². The summed E-state index contributed by atoms with van der Waals surface area (Å²) in [7, 11) is -4.01. The first-order valence-corrected chi connectivity index (χ1v) is 7.34. The summed E-state index contributed by atoms with van der Waals surface area (Å²) >= 11 is 0. The van der Waals surface area contributed by atoms with Crippen LogP contribution in [0.4, 0.5) is 18.9 Å². The van der Waals surface area contributed by atoms with Gasteiger partial charge in [-0.2, -0.15) is 13.2 Å². The molecule has 0 amide bonds. The third-order valence-corrected chi connectivity index (χ3v) is 5.35. The van der Waals surface area contributed by atoms with E-state index in [1.807, 2.05) is 0 Å². The first-order chi connectivity index (χ1) is 8.64. The molecular formula is C12H14F3NO2S. The molecule has 1 atom stereocenters. The zero-order valence-electron chi connectivity index (χ0n) is 10.5. The highest BCUT2D eigenvalue weighted by molar-refractivity contribution is 7.93. The predicted octanol–water partition coefficient (Wildman–Crippen LogP) is 3.24. The van der Waals surface area contributed by atoms with E-state index in [0.717, 1.165) is 4.31 Å². The number of hydrogen-bond acceptors (Lipinski definition) is 2. The van der Waals surface area contributed by atoms with E-state index in [2.05, 4.69) is 0 Å². The topological polar surface area (TPSA) is 37.4 Å². The van der Waals surface area contributed by atoms with Crippen LogP contribution in [-0.4, -0.2) is 20.6 Å². The smallest absolute Gasteiger partial charge is 0.267 e. The molecule has 1 aliphatic heterocycles. The van der Waals surface area contributed by atoms with Crippen LogP contribution < -0.4 is 4.31 Å². The lowest BCUT2D eigenvalue weighted by atomic mass is 10.1. The van der Waals surface area contributed by atoms with Crippen LogP contribution in [0.25, 0.3) is 0 Å². The van der Waals surface area contributed by atoms with E-state index in [1.54, 1.807) is 32.0 Å². The molecule has 19 heavy (non-hydrogen) atoms. The van der Waals surface area contributed by atoms with Gasteiger partial charge in [0, 0.05) is 6.04 Å². The van der Waals surface area contributed by atoms with Crippen molar-refractivity contribution in [2.75, 3.05) is 4.31 Å². The van der Waals surface area contributed by atoms with Gasteiger partial charge in [-0.15, -0.1) is 0 Å². The van der Waals surface area contributed by atoms with Crippen LogP contribution in [0.1, 0.15) is 31.1 Å². The van der Waals surface area contributed by atoms with E-state index in [9.17, 15) is 21.6 Å². The minimum atomic E-state index is -4.52. The summed E-state index contributed by atoms with van der Waals surface area (Å²) in [4.78, 5) is 0. The average molecular weight is 293 g/mol. The minimum absolute atomic E-state index is 0.230. The zero-order chi connectivity index (χ0) is 14.4. The molecule has 0 saturated heterocycles. The Morgan fingerprint density at radius 2 is 1.84 bits per heavy atom. The van der Waals surface area contributed by atoms with Gasteiger partial charge in [0.25, 0.3) is 0 Å². The number of rotatable bonds is 2.